The number of benzene rings is 1. The van der Waals surface area contributed by atoms with Crippen molar-refractivity contribution in [2.75, 3.05) is 19.7 Å². The van der Waals surface area contributed by atoms with Crippen molar-refractivity contribution in [1.29, 1.82) is 0 Å². The van der Waals surface area contributed by atoms with E-state index in [4.69, 9.17) is 5.11 Å². The maximum absolute atomic E-state index is 13.1. The zero-order valence-electron chi connectivity index (χ0n) is 10.3. The van der Waals surface area contributed by atoms with Crippen molar-refractivity contribution in [3.05, 3.63) is 30.1 Å². The topological polar surface area (TPSA) is 57.6 Å². The SMILES string of the molecule is CCCCN(CCO)S(=O)(=O)c1cccc(F)c1. The molecule has 6 heteroatoms. The zero-order valence-corrected chi connectivity index (χ0v) is 11.2. The number of halogens is 1. The van der Waals surface area contributed by atoms with Crippen LogP contribution in [0.3, 0.4) is 0 Å². The van der Waals surface area contributed by atoms with Crippen molar-refractivity contribution in [2.45, 2.75) is 24.7 Å². The normalized spacial score (nSPS) is 12.0. The highest BCUT2D eigenvalue weighted by Crippen LogP contribution is 2.17. The molecule has 0 aliphatic carbocycles. The fourth-order valence-corrected chi connectivity index (χ4v) is 3.08. The van der Waals surface area contributed by atoms with Gasteiger partial charge in [0.05, 0.1) is 11.5 Å². The van der Waals surface area contributed by atoms with Gasteiger partial charge < -0.3 is 5.11 Å². The van der Waals surface area contributed by atoms with Crippen LogP contribution in [0.1, 0.15) is 19.8 Å². The molecule has 0 aliphatic rings. The van der Waals surface area contributed by atoms with Gasteiger partial charge in [-0.25, -0.2) is 12.8 Å². The standard InChI is InChI=1S/C12H18FNO3S/c1-2-3-7-14(8-9-15)18(16,17)12-6-4-5-11(13)10-12/h4-6,10,15H,2-3,7-9H2,1H3. The minimum atomic E-state index is -3.72. The Bertz CT molecular complexity index is 476. The highest BCUT2D eigenvalue weighted by Gasteiger charge is 2.23. The third-order valence-corrected chi connectivity index (χ3v) is 4.44. The Balaban J connectivity index is 3.00. The minimum Gasteiger partial charge on any atom is -0.395 e. The maximum atomic E-state index is 13.1. The van der Waals surface area contributed by atoms with E-state index in [1.165, 1.54) is 22.5 Å². The minimum absolute atomic E-state index is 0.0266. The summed E-state index contributed by atoms with van der Waals surface area (Å²) in [7, 11) is -3.72. The van der Waals surface area contributed by atoms with Gasteiger partial charge in [0, 0.05) is 13.1 Å². The molecule has 18 heavy (non-hydrogen) atoms. The van der Waals surface area contributed by atoms with E-state index in [0.29, 0.717) is 13.0 Å². The first-order valence-corrected chi connectivity index (χ1v) is 7.33. The summed E-state index contributed by atoms with van der Waals surface area (Å²) in [5.41, 5.74) is 0. The Morgan fingerprint density at radius 3 is 2.61 bits per heavy atom. The molecule has 0 bridgehead atoms. The molecule has 4 nitrogen and oxygen atoms in total. The van der Waals surface area contributed by atoms with Gasteiger partial charge in [-0.15, -0.1) is 0 Å². The molecule has 0 unspecified atom stereocenters. The van der Waals surface area contributed by atoms with E-state index >= 15 is 0 Å². The molecule has 1 rings (SSSR count). The van der Waals surface area contributed by atoms with E-state index < -0.39 is 15.8 Å². The number of unbranched alkanes of at least 4 members (excludes halogenated alkanes) is 1. The van der Waals surface area contributed by atoms with E-state index in [9.17, 15) is 12.8 Å². The predicted molar refractivity (Wildman–Crippen MR) is 67.2 cm³/mol. The quantitative estimate of drug-likeness (QED) is 0.822. The van der Waals surface area contributed by atoms with Crippen LogP contribution in [0.15, 0.2) is 29.2 Å². The fourth-order valence-electron chi connectivity index (χ4n) is 1.57. The van der Waals surface area contributed by atoms with Crippen LogP contribution >= 0.6 is 0 Å². The van der Waals surface area contributed by atoms with Crippen molar-refractivity contribution in [1.82, 2.24) is 4.31 Å². The lowest BCUT2D eigenvalue weighted by Gasteiger charge is -2.21. The average Bonchev–Trinajstić information content (AvgIpc) is 2.34. The lowest BCUT2D eigenvalue weighted by molar-refractivity contribution is 0.252. The second-order valence-electron chi connectivity index (χ2n) is 3.94. The molecular weight excluding hydrogens is 257 g/mol. The van der Waals surface area contributed by atoms with Gasteiger partial charge in [0.25, 0.3) is 0 Å². The largest absolute Gasteiger partial charge is 0.395 e. The smallest absolute Gasteiger partial charge is 0.243 e. The van der Waals surface area contributed by atoms with Gasteiger partial charge in [0.2, 0.25) is 10.0 Å². The molecule has 102 valence electrons. The van der Waals surface area contributed by atoms with Crippen LogP contribution in [0.2, 0.25) is 0 Å². The molecule has 0 amide bonds. The zero-order chi connectivity index (χ0) is 13.6. The van der Waals surface area contributed by atoms with Crippen molar-refractivity contribution in [2.24, 2.45) is 0 Å². The molecule has 0 saturated carbocycles. The van der Waals surface area contributed by atoms with E-state index in [-0.39, 0.29) is 18.0 Å². The van der Waals surface area contributed by atoms with Crippen molar-refractivity contribution >= 4 is 10.0 Å². The molecule has 0 saturated heterocycles. The first-order chi connectivity index (χ1) is 8.52. The van der Waals surface area contributed by atoms with E-state index in [2.05, 4.69) is 0 Å². The highest BCUT2D eigenvalue weighted by atomic mass is 32.2. The lowest BCUT2D eigenvalue weighted by Crippen LogP contribution is -2.34. The van der Waals surface area contributed by atoms with Crippen LogP contribution in [0.4, 0.5) is 4.39 Å². The number of hydrogen-bond donors (Lipinski definition) is 1. The third kappa shape index (κ3) is 3.76. The molecule has 0 atom stereocenters. The summed E-state index contributed by atoms with van der Waals surface area (Å²) in [4.78, 5) is -0.0768. The van der Waals surface area contributed by atoms with Gasteiger partial charge in [-0.1, -0.05) is 19.4 Å². The summed E-state index contributed by atoms with van der Waals surface area (Å²) in [5, 5.41) is 8.92. The highest BCUT2D eigenvalue weighted by molar-refractivity contribution is 7.89. The van der Waals surface area contributed by atoms with Crippen molar-refractivity contribution in [3.63, 3.8) is 0 Å². The molecule has 1 aromatic carbocycles. The molecule has 0 aliphatic heterocycles. The number of hydrogen-bond acceptors (Lipinski definition) is 3. The van der Waals surface area contributed by atoms with Gasteiger partial charge in [-0.05, 0) is 24.6 Å². The second kappa shape index (κ2) is 6.82. The molecule has 0 heterocycles. The fraction of sp³-hybridized carbons (Fsp3) is 0.500. The summed E-state index contributed by atoms with van der Waals surface area (Å²) in [5.74, 6) is -0.587. The van der Waals surface area contributed by atoms with Gasteiger partial charge in [0.15, 0.2) is 0 Å². The van der Waals surface area contributed by atoms with E-state index in [0.717, 1.165) is 12.5 Å². The average molecular weight is 275 g/mol. The van der Waals surface area contributed by atoms with Crippen LogP contribution in [0.25, 0.3) is 0 Å². The Morgan fingerprint density at radius 1 is 1.33 bits per heavy atom. The van der Waals surface area contributed by atoms with Crippen LogP contribution < -0.4 is 0 Å². The lowest BCUT2D eigenvalue weighted by atomic mass is 10.3. The number of sulfonamides is 1. The van der Waals surface area contributed by atoms with Crippen LogP contribution in [0.5, 0.6) is 0 Å². The van der Waals surface area contributed by atoms with Gasteiger partial charge in [-0.2, -0.15) is 4.31 Å². The molecule has 0 radical (unpaired) electrons. The van der Waals surface area contributed by atoms with E-state index in [1.54, 1.807) is 0 Å². The first-order valence-electron chi connectivity index (χ1n) is 5.89. The van der Waals surface area contributed by atoms with Crippen LogP contribution in [-0.4, -0.2) is 37.5 Å². The summed E-state index contributed by atoms with van der Waals surface area (Å²) in [6.07, 6.45) is 1.55. The van der Waals surface area contributed by atoms with Crippen LogP contribution in [-0.2, 0) is 10.0 Å². The molecule has 1 N–H and O–H groups in total. The Labute approximate surface area is 107 Å². The second-order valence-corrected chi connectivity index (χ2v) is 5.88. The Morgan fingerprint density at radius 2 is 2.06 bits per heavy atom. The Kier molecular flexibility index (Phi) is 5.71. The molecule has 0 fully saturated rings. The van der Waals surface area contributed by atoms with Crippen LogP contribution in [0, 0.1) is 5.82 Å². The summed E-state index contributed by atoms with van der Waals surface area (Å²) in [6.45, 7) is 2.05. The predicted octanol–water partition coefficient (Wildman–Crippen LogP) is 1.61. The van der Waals surface area contributed by atoms with Crippen molar-refractivity contribution in [3.8, 4) is 0 Å². The van der Waals surface area contributed by atoms with Gasteiger partial charge in [-0.3, -0.25) is 0 Å². The molecule has 1 aromatic rings. The number of rotatable bonds is 7. The molecule has 0 spiro atoms. The van der Waals surface area contributed by atoms with Gasteiger partial charge in [0.1, 0.15) is 5.82 Å². The summed E-state index contributed by atoms with van der Waals surface area (Å²) >= 11 is 0. The third-order valence-electron chi connectivity index (χ3n) is 2.54. The number of nitrogens with zero attached hydrogens (tertiary/aromatic N) is 1. The summed E-state index contributed by atoms with van der Waals surface area (Å²) in [6, 6.07) is 4.90. The first kappa shape index (κ1) is 15.1. The Hall–Kier alpha value is -0.980. The summed E-state index contributed by atoms with van der Waals surface area (Å²) < 4.78 is 38.7. The molecule has 0 aromatic heterocycles. The van der Waals surface area contributed by atoms with E-state index in [1.807, 2.05) is 6.92 Å². The van der Waals surface area contributed by atoms with Gasteiger partial charge >= 0.3 is 0 Å². The maximum Gasteiger partial charge on any atom is 0.243 e. The van der Waals surface area contributed by atoms with Crippen molar-refractivity contribution < 1.29 is 17.9 Å². The molecular formula is C12H18FNO3S. The number of aliphatic hydroxyl groups is 1. The monoisotopic (exact) mass is 275 g/mol. The number of aliphatic hydroxyl groups excluding tert-OH is 1.